The summed E-state index contributed by atoms with van der Waals surface area (Å²) in [5, 5.41) is 0.498. The molecule has 24 heavy (non-hydrogen) atoms. The highest BCUT2D eigenvalue weighted by atomic mass is 35.5. The van der Waals surface area contributed by atoms with Crippen LogP contribution in [0.4, 0.5) is 8.78 Å². The smallest absolute Gasteiger partial charge is 0.165 e. The van der Waals surface area contributed by atoms with Gasteiger partial charge in [0.15, 0.2) is 11.6 Å². The Hall–Kier alpha value is -2.20. The predicted molar refractivity (Wildman–Crippen MR) is 91.1 cm³/mol. The van der Waals surface area contributed by atoms with Crippen molar-refractivity contribution in [2.24, 2.45) is 0 Å². The summed E-state index contributed by atoms with van der Waals surface area (Å²) in [6.07, 6.45) is 0.837. The number of Topliss-reactive ketones (excluding diaryl/α,β-unsaturated/α-hetero) is 1. The van der Waals surface area contributed by atoms with Crippen LogP contribution in [0.3, 0.4) is 0 Å². The van der Waals surface area contributed by atoms with Gasteiger partial charge in [-0.25, -0.2) is 8.78 Å². The van der Waals surface area contributed by atoms with Crippen molar-refractivity contribution >= 4 is 23.0 Å². The standard InChI is InChI=1S/C19H17ClF2O2/c1-12(6-7-13(2)23)16-10-15(20)8-9-18(16)24-11-14-4-3-5-17(21)19(14)22/h3-5,8-10H,1,6-7,11H2,2H3. The molecule has 0 unspecified atom stereocenters. The van der Waals surface area contributed by atoms with E-state index in [1.165, 1.54) is 19.1 Å². The van der Waals surface area contributed by atoms with Crippen molar-refractivity contribution in [1.82, 2.24) is 0 Å². The van der Waals surface area contributed by atoms with Crippen LogP contribution in [0.2, 0.25) is 5.02 Å². The third-order valence-electron chi connectivity index (χ3n) is 3.52. The molecule has 0 fully saturated rings. The van der Waals surface area contributed by atoms with Crippen LogP contribution in [-0.4, -0.2) is 5.78 Å². The fourth-order valence-electron chi connectivity index (χ4n) is 2.18. The van der Waals surface area contributed by atoms with E-state index in [0.29, 0.717) is 34.8 Å². The SMILES string of the molecule is C=C(CCC(C)=O)c1cc(Cl)ccc1OCc1cccc(F)c1F. The Labute approximate surface area is 144 Å². The number of ketones is 1. The second-order valence-corrected chi connectivity index (χ2v) is 5.88. The maximum atomic E-state index is 13.7. The van der Waals surface area contributed by atoms with Crippen LogP contribution < -0.4 is 4.74 Å². The first-order chi connectivity index (χ1) is 11.4. The summed E-state index contributed by atoms with van der Waals surface area (Å²) in [6.45, 7) is 5.34. The molecular weight excluding hydrogens is 334 g/mol. The van der Waals surface area contributed by atoms with Gasteiger partial charge in [0.2, 0.25) is 0 Å². The largest absolute Gasteiger partial charge is 0.488 e. The summed E-state index contributed by atoms with van der Waals surface area (Å²) in [6, 6.07) is 8.90. The van der Waals surface area contributed by atoms with Gasteiger partial charge in [-0.2, -0.15) is 0 Å². The molecule has 0 spiro atoms. The average Bonchev–Trinajstić information content (AvgIpc) is 2.54. The number of hydrogen-bond acceptors (Lipinski definition) is 2. The number of benzene rings is 2. The fourth-order valence-corrected chi connectivity index (χ4v) is 2.35. The van der Waals surface area contributed by atoms with E-state index in [2.05, 4.69) is 6.58 Å². The Kier molecular flexibility index (Phi) is 6.10. The van der Waals surface area contributed by atoms with Gasteiger partial charge in [-0.3, -0.25) is 0 Å². The maximum absolute atomic E-state index is 13.7. The zero-order valence-corrected chi connectivity index (χ0v) is 14.0. The second-order valence-electron chi connectivity index (χ2n) is 5.45. The van der Waals surface area contributed by atoms with Gasteiger partial charge in [0, 0.05) is 22.6 Å². The molecule has 2 nitrogen and oxygen atoms in total. The zero-order chi connectivity index (χ0) is 17.7. The first kappa shape index (κ1) is 18.1. The van der Waals surface area contributed by atoms with Crippen molar-refractivity contribution < 1.29 is 18.3 Å². The number of halogens is 3. The van der Waals surface area contributed by atoms with Crippen molar-refractivity contribution in [2.75, 3.05) is 0 Å². The fraction of sp³-hybridized carbons (Fsp3) is 0.211. The Morgan fingerprint density at radius 2 is 1.96 bits per heavy atom. The van der Waals surface area contributed by atoms with Crippen LogP contribution in [0, 0.1) is 11.6 Å². The van der Waals surface area contributed by atoms with Gasteiger partial charge >= 0.3 is 0 Å². The lowest BCUT2D eigenvalue weighted by Gasteiger charge is -2.14. The Morgan fingerprint density at radius 1 is 1.21 bits per heavy atom. The lowest BCUT2D eigenvalue weighted by molar-refractivity contribution is -0.116. The summed E-state index contributed by atoms with van der Waals surface area (Å²) in [4.78, 5) is 11.1. The molecule has 0 aliphatic rings. The molecule has 2 aromatic carbocycles. The van der Waals surface area contributed by atoms with Gasteiger partial charge in [0.05, 0.1) is 0 Å². The molecule has 0 aliphatic carbocycles. The molecule has 0 heterocycles. The second kappa shape index (κ2) is 8.06. The molecule has 2 aromatic rings. The van der Waals surface area contributed by atoms with Crippen molar-refractivity contribution in [3.63, 3.8) is 0 Å². The normalized spacial score (nSPS) is 10.5. The Bertz CT molecular complexity index is 772. The average molecular weight is 351 g/mol. The highest BCUT2D eigenvalue weighted by molar-refractivity contribution is 6.30. The minimum atomic E-state index is -0.927. The first-order valence-corrected chi connectivity index (χ1v) is 7.79. The highest BCUT2D eigenvalue weighted by Gasteiger charge is 2.12. The van der Waals surface area contributed by atoms with E-state index in [4.69, 9.17) is 16.3 Å². The molecule has 5 heteroatoms. The minimum Gasteiger partial charge on any atom is -0.488 e. The summed E-state index contributed by atoms with van der Waals surface area (Å²) >= 11 is 6.01. The topological polar surface area (TPSA) is 26.3 Å². The third kappa shape index (κ3) is 4.65. The third-order valence-corrected chi connectivity index (χ3v) is 3.75. The molecule has 0 aliphatic heterocycles. The van der Waals surface area contributed by atoms with Gasteiger partial charge in [-0.05, 0) is 43.2 Å². The molecule has 0 N–H and O–H groups in total. The summed E-state index contributed by atoms with van der Waals surface area (Å²) in [5.74, 6) is -1.33. The summed E-state index contributed by atoms with van der Waals surface area (Å²) in [5.41, 5.74) is 1.47. The van der Waals surface area contributed by atoms with Crippen LogP contribution in [0.25, 0.3) is 5.57 Å². The molecule has 0 amide bonds. The van der Waals surface area contributed by atoms with Crippen molar-refractivity contribution in [2.45, 2.75) is 26.4 Å². The van der Waals surface area contributed by atoms with Crippen molar-refractivity contribution in [1.29, 1.82) is 0 Å². The minimum absolute atomic E-state index is 0.0579. The summed E-state index contributed by atoms with van der Waals surface area (Å²) < 4.78 is 32.6. The predicted octanol–water partition coefficient (Wildman–Crippen LogP) is 5.58. The maximum Gasteiger partial charge on any atom is 0.165 e. The van der Waals surface area contributed by atoms with Crippen LogP contribution in [-0.2, 0) is 11.4 Å². The number of allylic oxidation sites excluding steroid dienone is 1. The first-order valence-electron chi connectivity index (χ1n) is 7.41. The van der Waals surface area contributed by atoms with E-state index in [9.17, 15) is 13.6 Å². The van der Waals surface area contributed by atoms with E-state index in [1.54, 1.807) is 18.2 Å². The van der Waals surface area contributed by atoms with E-state index in [-0.39, 0.29) is 18.0 Å². The molecule has 126 valence electrons. The lowest BCUT2D eigenvalue weighted by Crippen LogP contribution is -2.02. The van der Waals surface area contributed by atoms with E-state index in [1.807, 2.05) is 0 Å². The molecule has 2 rings (SSSR count). The van der Waals surface area contributed by atoms with Gasteiger partial charge in [-0.1, -0.05) is 30.3 Å². The molecule has 0 saturated carbocycles. The molecule has 0 atom stereocenters. The van der Waals surface area contributed by atoms with Crippen molar-refractivity contribution in [3.05, 3.63) is 70.8 Å². The Morgan fingerprint density at radius 3 is 2.67 bits per heavy atom. The Balaban J connectivity index is 2.19. The lowest BCUT2D eigenvalue weighted by atomic mass is 10.0. The van der Waals surface area contributed by atoms with Gasteiger partial charge in [0.25, 0.3) is 0 Å². The number of hydrogen-bond donors (Lipinski definition) is 0. The number of ether oxygens (including phenoxy) is 1. The molecule has 0 saturated heterocycles. The quantitative estimate of drug-likeness (QED) is 0.651. The van der Waals surface area contributed by atoms with Crippen LogP contribution >= 0.6 is 11.6 Å². The highest BCUT2D eigenvalue weighted by Crippen LogP contribution is 2.31. The summed E-state index contributed by atoms with van der Waals surface area (Å²) in [7, 11) is 0. The van der Waals surface area contributed by atoms with Crippen LogP contribution in [0.5, 0.6) is 5.75 Å². The van der Waals surface area contributed by atoms with Crippen molar-refractivity contribution in [3.8, 4) is 5.75 Å². The zero-order valence-electron chi connectivity index (χ0n) is 13.2. The van der Waals surface area contributed by atoms with E-state index in [0.717, 1.165) is 6.07 Å². The van der Waals surface area contributed by atoms with Crippen LogP contribution in [0.15, 0.2) is 43.0 Å². The monoisotopic (exact) mass is 350 g/mol. The molecule has 0 aromatic heterocycles. The van der Waals surface area contributed by atoms with Gasteiger partial charge in [0.1, 0.15) is 18.1 Å². The number of rotatable bonds is 7. The molecular formula is C19H17ClF2O2. The molecule has 0 radical (unpaired) electrons. The number of carbonyl (C=O) groups is 1. The van der Waals surface area contributed by atoms with Crippen LogP contribution in [0.1, 0.15) is 30.9 Å². The van der Waals surface area contributed by atoms with Gasteiger partial charge < -0.3 is 9.53 Å². The number of carbonyl (C=O) groups excluding carboxylic acids is 1. The van der Waals surface area contributed by atoms with E-state index >= 15 is 0 Å². The van der Waals surface area contributed by atoms with E-state index < -0.39 is 11.6 Å². The molecule has 0 bridgehead atoms. The van der Waals surface area contributed by atoms with Gasteiger partial charge in [-0.15, -0.1) is 0 Å².